The van der Waals surface area contributed by atoms with Gasteiger partial charge in [0.15, 0.2) is 0 Å². The fourth-order valence-corrected chi connectivity index (χ4v) is 3.46. The van der Waals surface area contributed by atoms with Gasteiger partial charge in [-0.05, 0) is 30.9 Å². The summed E-state index contributed by atoms with van der Waals surface area (Å²) in [6, 6.07) is 7.46. The molecule has 0 saturated carbocycles. The standard InChI is InChI=1S/C14H14F3NO2S/c1-9-7-8-13(12-6-4-3-5-11(9)12)21(19,20)18-10(2)14(15,16)17/h3-8,10,18H,1-2H3. The molecule has 0 aliphatic rings. The quantitative estimate of drug-likeness (QED) is 0.943. The normalized spacial score (nSPS) is 14.3. The van der Waals surface area contributed by atoms with Crippen LogP contribution in [0, 0.1) is 6.92 Å². The molecule has 3 nitrogen and oxygen atoms in total. The van der Waals surface area contributed by atoms with Gasteiger partial charge in [-0.25, -0.2) is 8.42 Å². The van der Waals surface area contributed by atoms with E-state index in [0.717, 1.165) is 12.5 Å². The molecule has 1 unspecified atom stereocenters. The smallest absolute Gasteiger partial charge is 0.207 e. The number of alkyl halides is 3. The van der Waals surface area contributed by atoms with E-state index in [9.17, 15) is 21.6 Å². The Kier molecular flexibility index (Phi) is 3.99. The molecule has 0 fully saturated rings. The summed E-state index contributed by atoms with van der Waals surface area (Å²) >= 11 is 0. The van der Waals surface area contributed by atoms with E-state index < -0.39 is 22.2 Å². The Bertz CT molecular complexity index is 769. The molecule has 0 amide bonds. The third kappa shape index (κ3) is 3.19. The maximum atomic E-state index is 12.5. The molecular formula is C14H14F3NO2S. The molecule has 114 valence electrons. The summed E-state index contributed by atoms with van der Waals surface area (Å²) in [5.74, 6) is 0. The summed E-state index contributed by atoms with van der Waals surface area (Å²) in [7, 11) is -4.26. The molecular weight excluding hydrogens is 303 g/mol. The van der Waals surface area contributed by atoms with Gasteiger partial charge in [0.25, 0.3) is 0 Å². The zero-order valence-electron chi connectivity index (χ0n) is 11.4. The van der Waals surface area contributed by atoms with Gasteiger partial charge in [-0.2, -0.15) is 17.9 Å². The fraction of sp³-hybridized carbons (Fsp3) is 0.286. The van der Waals surface area contributed by atoms with E-state index in [2.05, 4.69) is 0 Å². The summed E-state index contributed by atoms with van der Waals surface area (Å²) in [5.41, 5.74) is 0.855. The highest BCUT2D eigenvalue weighted by molar-refractivity contribution is 7.89. The van der Waals surface area contributed by atoms with Crippen LogP contribution in [-0.2, 0) is 10.0 Å². The van der Waals surface area contributed by atoms with Gasteiger partial charge in [0.1, 0.15) is 6.04 Å². The molecule has 2 rings (SSSR count). The van der Waals surface area contributed by atoms with Crippen molar-refractivity contribution in [3.05, 3.63) is 42.0 Å². The number of sulfonamides is 1. The van der Waals surface area contributed by atoms with E-state index in [1.54, 1.807) is 35.1 Å². The average Bonchev–Trinajstić information content (AvgIpc) is 2.37. The second kappa shape index (κ2) is 5.31. The first-order valence-electron chi connectivity index (χ1n) is 6.20. The molecule has 0 spiro atoms. The van der Waals surface area contributed by atoms with Crippen molar-refractivity contribution < 1.29 is 21.6 Å². The molecule has 2 aromatic rings. The number of benzene rings is 2. The molecule has 0 saturated heterocycles. The molecule has 2 aromatic carbocycles. The summed E-state index contributed by atoms with van der Waals surface area (Å²) in [4.78, 5) is -0.153. The lowest BCUT2D eigenvalue weighted by atomic mass is 10.1. The molecule has 21 heavy (non-hydrogen) atoms. The third-order valence-corrected chi connectivity index (χ3v) is 4.81. The molecule has 0 aliphatic carbocycles. The Morgan fingerprint density at radius 2 is 1.62 bits per heavy atom. The highest BCUT2D eigenvalue weighted by atomic mass is 32.2. The van der Waals surface area contributed by atoms with Gasteiger partial charge < -0.3 is 0 Å². The van der Waals surface area contributed by atoms with Crippen LogP contribution in [0.3, 0.4) is 0 Å². The van der Waals surface area contributed by atoms with Crippen LogP contribution in [0.2, 0.25) is 0 Å². The Balaban J connectivity index is 2.54. The number of fused-ring (bicyclic) bond motifs is 1. The predicted molar refractivity (Wildman–Crippen MR) is 74.5 cm³/mol. The topological polar surface area (TPSA) is 46.2 Å². The predicted octanol–water partition coefficient (Wildman–Crippen LogP) is 3.38. The van der Waals surface area contributed by atoms with Gasteiger partial charge in [0.2, 0.25) is 10.0 Å². The number of nitrogens with one attached hydrogen (secondary N) is 1. The number of hydrogen-bond acceptors (Lipinski definition) is 2. The lowest BCUT2D eigenvalue weighted by molar-refractivity contribution is -0.147. The van der Waals surface area contributed by atoms with Gasteiger partial charge in [0.05, 0.1) is 4.90 Å². The van der Waals surface area contributed by atoms with E-state index in [4.69, 9.17) is 0 Å². The van der Waals surface area contributed by atoms with E-state index in [1.807, 2.05) is 6.92 Å². The van der Waals surface area contributed by atoms with Crippen molar-refractivity contribution in [2.45, 2.75) is 31.0 Å². The Labute approximate surface area is 120 Å². The minimum Gasteiger partial charge on any atom is -0.207 e. The van der Waals surface area contributed by atoms with Gasteiger partial charge >= 0.3 is 6.18 Å². The number of aryl methyl sites for hydroxylation is 1. The second-order valence-electron chi connectivity index (χ2n) is 4.81. The Morgan fingerprint density at radius 1 is 1.05 bits per heavy atom. The van der Waals surface area contributed by atoms with Gasteiger partial charge in [-0.3, -0.25) is 0 Å². The minimum atomic E-state index is -4.63. The van der Waals surface area contributed by atoms with Crippen LogP contribution >= 0.6 is 0 Å². The molecule has 0 aromatic heterocycles. The molecule has 1 N–H and O–H groups in total. The van der Waals surface area contributed by atoms with Crippen molar-refractivity contribution in [3.8, 4) is 0 Å². The van der Waals surface area contributed by atoms with E-state index in [-0.39, 0.29) is 4.90 Å². The van der Waals surface area contributed by atoms with Crippen LogP contribution in [0.15, 0.2) is 41.3 Å². The summed E-state index contributed by atoms with van der Waals surface area (Å²) in [5, 5.41) is 1.10. The lowest BCUT2D eigenvalue weighted by Gasteiger charge is -2.18. The molecule has 7 heteroatoms. The van der Waals surface area contributed by atoms with Crippen LogP contribution in [-0.4, -0.2) is 20.6 Å². The summed E-state index contributed by atoms with van der Waals surface area (Å²) < 4.78 is 63.7. The number of rotatable bonds is 3. The van der Waals surface area contributed by atoms with E-state index in [0.29, 0.717) is 10.8 Å². The number of halogens is 3. The highest BCUT2D eigenvalue weighted by Gasteiger charge is 2.39. The minimum absolute atomic E-state index is 0.153. The van der Waals surface area contributed by atoms with Gasteiger partial charge in [0, 0.05) is 5.39 Å². The van der Waals surface area contributed by atoms with Crippen LogP contribution in [0.5, 0.6) is 0 Å². The van der Waals surface area contributed by atoms with Crippen molar-refractivity contribution in [1.82, 2.24) is 4.72 Å². The first-order valence-corrected chi connectivity index (χ1v) is 7.68. The van der Waals surface area contributed by atoms with Gasteiger partial charge in [-0.15, -0.1) is 0 Å². The molecule has 0 bridgehead atoms. The van der Waals surface area contributed by atoms with E-state index in [1.165, 1.54) is 6.07 Å². The zero-order valence-corrected chi connectivity index (χ0v) is 12.2. The Morgan fingerprint density at radius 3 is 2.19 bits per heavy atom. The monoisotopic (exact) mass is 317 g/mol. The summed E-state index contributed by atoms with van der Waals surface area (Å²) in [6.07, 6.45) is -4.63. The van der Waals surface area contributed by atoms with Crippen molar-refractivity contribution in [3.63, 3.8) is 0 Å². The summed E-state index contributed by atoms with van der Waals surface area (Å²) in [6.45, 7) is 2.58. The lowest BCUT2D eigenvalue weighted by Crippen LogP contribution is -2.43. The van der Waals surface area contributed by atoms with Crippen molar-refractivity contribution in [2.75, 3.05) is 0 Å². The van der Waals surface area contributed by atoms with E-state index >= 15 is 0 Å². The third-order valence-electron chi connectivity index (χ3n) is 3.21. The Hall–Kier alpha value is -1.60. The maximum absolute atomic E-state index is 12.5. The van der Waals surface area contributed by atoms with Crippen LogP contribution < -0.4 is 4.72 Å². The first-order chi connectivity index (χ1) is 9.63. The zero-order chi connectivity index (χ0) is 15.8. The van der Waals surface area contributed by atoms with Crippen molar-refractivity contribution in [2.24, 2.45) is 0 Å². The second-order valence-corrected chi connectivity index (χ2v) is 6.49. The molecule has 0 radical (unpaired) electrons. The molecule has 0 heterocycles. The van der Waals surface area contributed by atoms with Crippen LogP contribution in [0.4, 0.5) is 13.2 Å². The SMILES string of the molecule is Cc1ccc(S(=O)(=O)NC(C)C(F)(F)F)c2ccccc12. The van der Waals surface area contributed by atoms with Crippen LogP contribution in [0.1, 0.15) is 12.5 Å². The fourth-order valence-electron chi connectivity index (χ4n) is 2.02. The average molecular weight is 317 g/mol. The molecule has 1 atom stereocenters. The first kappa shape index (κ1) is 15.8. The van der Waals surface area contributed by atoms with Crippen molar-refractivity contribution >= 4 is 20.8 Å². The number of hydrogen-bond donors (Lipinski definition) is 1. The van der Waals surface area contributed by atoms with Crippen molar-refractivity contribution in [1.29, 1.82) is 0 Å². The van der Waals surface area contributed by atoms with Crippen LogP contribution in [0.25, 0.3) is 10.8 Å². The maximum Gasteiger partial charge on any atom is 0.404 e. The highest BCUT2D eigenvalue weighted by Crippen LogP contribution is 2.27. The largest absolute Gasteiger partial charge is 0.404 e. The molecule has 0 aliphatic heterocycles. The van der Waals surface area contributed by atoms with Gasteiger partial charge in [-0.1, -0.05) is 30.3 Å².